The van der Waals surface area contributed by atoms with Gasteiger partial charge in [-0.05, 0) is 12.1 Å². The van der Waals surface area contributed by atoms with Crippen LogP contribution in [0.4, 0.5) is 4.79 Å². The van der Waals surface area contributed by atoms with Gasteiger partial charge in [-0.3, -0.25) is 0 Å². The molecule has 2 aliphatic rings. The number of hydrogen-bond acceptors (Lipinski definition) is 8. The van der Waals surface area contributed by atoms with Crippen LogP contribution in [0, 0.1) is 0 Å². The smallest absolute Gasteiger partial charge is 0.407 e. The molecule has 28 heavy (non-hydrogen) atoms. The van der Waals surface area contributed by atoms with Crippen LogP contribution in [0.5, 0.6) is 0 Å². The molecular weight excluding hydrogens is 386 g/mol. The van der Waals surface area contributed by atoms with Crippen LogP contribution in [0.1, 0.15) is 26.7 Å². The molecule has 0 radical (unpaired) electrons. The Bertz CT molecular complexity index is 659. The van der Waals surface area contributed by atoms with E-state index >= 15 is 0 Å². The number of carbonyl (C=O) groups is 2. The lowest BCUT2D eigenvalue weighted by atomic mass is 9.92. The van der Waals surface area contributed by atoms with Gasteiger partial charge in [0, 0.05) is 17.7 Å². The fourth-order valence-electron chi connectivity index (χ4n) is 3.22. The van der Waals surface area contributed by atoms with E-state index in [4.69, 9.17) is 19.3 Å². The van der Waals surface area contributed by atoms with Crippen molar-refractivity contribution in [2.45, 2.75) is 60.9 Å². The van der Waals surface area contributed by atoms with Gasteiger partial charge in [-0.1, -0.05) is 43.8 Å². The first-order valence-corrected chi connectivity index (χ1v) is 10.1. The summed E-state index contributed by atoms with van der Waals surface area (Å²) in [7, 11) is 1.27. The van der Waals surface area contributed by atoms with Crippen LogP contribution in [-0.2, 0) is 19.0 Å². The molecule has 2 fully saturated rings. The molecular formula is C19H27NO7S. The van der Waals surface area contributed by atoms with Crippen molar-refractivity contribution >= 4 is 23.8 Å². The van der Waals surface area contributed by atoms with Crippen LogP contribution >= 0.6 is 11.8 Å². The Balaban J connectivity index is 0.00000136. The third-order valence-electron chi connectivity index (χ3n) is 4.39. The number of benzene rings is 1. The van der Waals surface area contributed by atoms with Crippen molar-refractivity contribution in [1.82, 2.24) is 5.32 Å². The molecule has 8 nitrogen and oxygen atoms in total. The molecule has 9 heteroatoms. The maximum Gasteiger partial charge on any atom is 0.407 e. The maximum atomic E-state index is 12.6. The van der Waals surface area contributed by atoms with Gasteiger partial charge < -0.3 is 29.7 Å². The van der Waals surface area contributed by atoms with Crippen LogP contribution < -0.4 is 5.32 Å². The van der Waals surface area contributed by atoms with E-state index in [0.29, 0.717) is 0 Å². The molecule has 2 aliphatic heterocycles. The van der Waals surface area contributed by atoms with Crippen molar-refractivity contribution < 1.29 is 34.0 Å². The van der Waals surface area contributed by atoms with Crippen molar-refractivity contribution in [3.05, 3.63) is 30.3 Å². The van der Waals surface area contributed by atoms with E-state index in [1.807, 2.05) is 44.2 Å². The largest absolute Gasteiger partial charge is 0.466 e. The molecule has 3 rings (SSSR count). The van der Waals surface area contributed by atoms with Gasteiger partial charge in [0.25, 0.3) is 0 Å². The first-order valence-electron chi connectivity index (χ1n) is 9.24. The molecule has 5 atom stereocenters. The number of nitrogens with one attached hydrogen (secondary N) is 1. The minimum absolute atomic E-state index is 0.0371. The molecule has 5 unspecified atom stereocenters. The number of thioether (sulfide) groups is 1. The average Bonchev–Trinajstić information content (AvgIpc) is 3.09. The van der Waals surface area contributed by atoms with Gasteiger partial charge in [-0.15, -0.1) is 0 Å². The predicted molar refractivity (Wildman–Crippen MR) is 103 cm³/mol. The minimum Gasteiger partial charge on any atom is -0.466 e. The number of fused-ring (bicyclic) bond motifs is 1. The SMILES string of the molecule is CC.COC(=O)C1(Sc2ccccc2)CC2OC(=O)NC2C(CC(O)CO)O1. The molecule has 3 N–H and O–H groups in total. The normalized spacial score (nSPS) is 29.5. The summed E-state index contributed by atoms with van der Waals surface area (Å²) in [5.74, 6) is -0.601. The average molecular weight is 413 g/mol. The van der Waals surface area contributed by atoms with E-state index < -0.39 is 48.0 Å². The zero-order chi connectivity index (χ0) is 20.7. The minimum atomic E-state index is -1.43. The number of carbonyl (C=O) groups excluding carboxylic acids is 2. The summed E-state index contributed by atoms with van der Waals surface area (Å²) in [5, 5.41) is 21.7. The standard InChI is InChI=1S/C17H21NO7S.C2H6/c1-23-15(21)17(26-11-5-3-2-4-6-11)8-13-14(18-16(22)24-13)12(25-17)7-10(20)9-19;1-2/h2-6,10,12-14,19-20H,7-9H2,1H3,(H,18,22);1-2H3. The van der Waals surface area contributed by atoms with Crippen LogP contribution in [0.15, 0.2) is 35.2 Å². The van der Waals surface area contributed by atoms with Crippen LogP contribution in [0.25, 0.3) is 0 Å². The van der Waals surface area contributed by atoms with E-state index in [-0.39, 0.29) is 12.8 Å². The summed E-state index contributed by atoms with van der Waals surface area (Å²) in [6.45, 7) is 3.54. The predicted octanol–water partition coefficient (Wildman–Crippen LogP) is 1.68. The molecule has 2 saturated heterocycles. The quantitative estimate of drug-likeness (QED) is 0.604. The van der Waals surface area contributed by atoms with E-state index in [2.05, 4.69) is 5.32 Å². The van der Waals surface area contributed by atoms with Crippen LogP contribution in [0.2, 0.25) is 0 Å². The lowest BCUT2D eigenvalue weighted by Gasteiger charge is -2.43. The lowest BCUT2D eigenvalue weighted by Crippen LogP contribution is -2.59. The number of esters is 1. The number of rotatable bonds is 6. The summed E-state index contributed by atoms with van der Waals surface area (Å²) in [4.78, 5) is 23.7. The molecule has 156 valence electrons. The molecule has 0 aliphatic carbocycles. The van der Waals surface area contributed by atoms with Crippen molar-refractivity contribution in [1.29, 1.82) is 0 Å². The van der Waals surface area contributed by atoms with Gasteiger partial charge in [0.15, 0.2) is 0 Å². The molecule has 2 heterocycles. The summed E-state index contributed by atoms with van der Waals surface area (Å²) in [6.07, 6.45) is -2.84. The molecule has 1 aromatic carbocycles. The topological polar surface area (TPSA) is 114 Å². The van der Waals surface area contributed by atoms with Crippen molar-refractivity contribution in [3.8, 4) is 0 Å². The summed E-state index contributed by atoms with van der Waals surface area (Å²) in [6, 6.07) is 8.68. The zero-order valence-electron chi connectivity index (χ0n) is 16.2. The molecule has 0 bridgehead atoms. The maximum absolute atomic E-state index is 12.6. The Hall–Kier alpha value is -1.81. The number of methoxy groups -OCH3 is 1. The number of amides is 1. The highest BCUT2D eigenvalue weighted by Crippen LogP contribution is 2.46. The van der Waals surface area contributed by atoms with Gasteiger partial charge in [0.1, 0.15) is 6.10 Å². The van der Waals surface area contributed by atoms with Crippen molar-refractivity contribution in [2.24, 2.45) is 0 Å². The van der Waals surface area contributed by atoms with Crippen molar-refractivity contribution in [2.75, 3.05) is 13.7 Å². The number of aliphatic hydroxyl groups is 2. The molecule has 1 amide bonds. The molecule has 0 aromatic heterocycles. The number of aliphatic hydroxyl groups excluding tert-OH is 2. The fraction of sp³-hybridized carbons (Fsp3) is 0.579. The van der Waals surface area contributed by atoms with E-state index in [1.165, 1.54) is 18.9 Å². The highest BCUT2D eigenvalue weighted by atomic mass is 32.2. The third kappa shape index (κ3) is 4.96. The first kappa shape index (κ1) is 22.5. The third-order valence-corrected chi connectivity index (χ3v) is 5.66. The molecule has 0 spiro atoms. The Labute approximate surface area is 168 Å². The van der Waals surface area contributed by atoms with Crippen molar-refractivity contribution in [3.63, 3.8) is 0 Å². The molecule has 1 aromatic rings. The van der Waals surface area contributed by atoms with E-state index in [1.54, 1.807) is 0 Å². The summed E-state index contributed by atoms with van der Waals surface area (Å²) < 4.78 is 16.4. The second-order valence-electron chi connectivity index (χ2n) is 6.21. The van der Waals surface area contributed by atoms with Gasteiger partial charge in [0.05, 0.1) is 32.0 Å². The Morgan fingerprint density at radius 2 is 2.07 bits per heavy atom. The zero-order valence-corrected chi connectivity index (χ0v) is 17.0. The van der Waals surface area contributed by atoms with Gasteiger partial charge in [-0.2, -0.15) is 0 Å². The van der Waals surface area contributed by atoms with Gasteiger partial charge in [-0.25, -0.2) is 9.59 Å². The number of ether oxygens (including phenoxy) is 3. The Morgan fingerprint density at radius 3 is 2.68 bits per heavy atom. The van der Waals surface area contributed by atoms with Gasteiger partial charge >= 0.3 is 12.1 Å². The second kappa shape index (κ2) is 10.1. The Kier molecular flexibility index (Phi) is 8.11. The molecule has 0 saturated carbocycles. The highest BCUT2D eigenvalue weighted by Gasteiger charge is 2.57. The van der Waals surface area contributed by atoms with E-state index in [9.17, 15) is 14.7 Å². The van der Waals surface area contributed by atoms with Crippen LogP contribution in [-0.4, -0.2) is 65.3 Å². The number of hydrogen-bond donors (Lipinski definition) is 3. The van der Waals surface area contributed by atoms with Crippen LogP contribution in [0.3, 0.4) is 0 Å². The second-order valence-corrected chi connectivity index (χ2v) is 7.54. The number of alkyl carbamates (subject to hydrolysis) is 1. The Morgan fingerprint density at radius 1 is 1.39 bits per heavy atom. The summed E-state index contributed by atoms with van der Waals surface area (Å²) >= 11 is 1.17. The fourth-order valence-corrected chi connectivity index (χ4v) is 4.48. The monoisotopic (exact) mass is 413 g/mol. The highest BCUT2D eigenvalue weighted by molar-refractivity contribution is 8.01. The summed E-state index contributed by atoms with van der Waals surface area (Å²) in [5.41, 5.74) is 0. The van der Waals surface area contributed by atoms with Gasteiger partial charge in [0.2, 0.25) is 4.93 Å². The first-order chi connectivity index (χ1) is 13.5. The lowest BCUT2D eigenvalue weighted by molar-refractivity contribution is -0.180. The van der Waals surface area contributed by atoms with E-state index in [0.717, 1.165) is 4.90 Å².